The smallest absolute Gasteiger partial charge is 0.129 e. The van der Waals surface area contributed by atoms with Crippen molar-refractivity contribution in [3.05, 3.63) is 64.7 Å². The highest BCUT2D eigenvalue weighted by Gasteiger charge is 2.13. The van der Waals surface area contributed by atoms with Gasteiger partial charge in [-0.1, -0.05) is 17.7 Å². The fraction of sp³-hybridized carbons (Fsp3) is 0.421. The molecule has 0 N–H and O–H groups in total. The number of benzene rings is 1. The van der Waals surface area contributed by atoms with E-state index in [0.29, 0.717) is 23.7 Å². The van der Waals surface area contributed by atoms with Gasteiger partial charge in [-0.25, -0.2) is 4.39 Å². The lowest BCUT2D eigenvalue weighted by Crippen LogP contribution is -2.26. The molecule has 5 heteroatoms. The molecular formula is C19H24ClFN2O. The monoisotopic (exact) mass is 350 g/mol. The van der Waals surface area contributed by atoms with Gasteiger partial charge in [0.15, 0.2) is 0 Å². The summed E-state index contributed by atoms with van der Waals surface area (Å²) in [6.45, 7) is 6.72. The van der Waals surface area contributed by atoms with Crippen LogP contribution in [-0.2, 0) is 17.8 Å². The van der Waals surface area contributed by atoms with E-state index in [1.54, 1.807) is 24.5 Å². The summed E-state index contributed by atoms with van der Waals surface area (Å²) in [7, 11) is 0. The first-order valence-corrected chi connectivity index (χ1v) is 8.60. The van der Waals surface area contributed by atoms with Gasteiger partial charge in [0.2, 0.25) is 0 Å². The number of aromatic nitrogens is 1. The summed E-state index contributed by atoms with van der Waals surface area (Å²) < 4.78 is 19.7. The SMILES string of the molecule is CC(C)OCCCN(Cc1ccncc1)Cc1c(F)cccc1Cl. The van der Waals surface area contributed by atoms with Crippen LogP contribution in [0.5, 0.6) is 0 Å². The Labute approximate surface area is 148 Å². The molecule has 0 atom stereocenters. The van der Waals surface area contributed by atoms with Crippen LogP contribution in [0.1, 0.15) is 31.4 Å². The third-order valence-corrected chi connectivity index (χ3v) is 4.02. The number of nitrogens with zero attached hydrogens (tertiary/aromatic N) is 2. The maximum atomic E-state index is 14.1. The van der Waals surface area contributed by atoms with E-state index in [1.807, 2.05) is 26.0 Å². The predicted molar refractivity (Wildman–Crippen MR) is 95.5 cm³/mol. The van der Waals surface area contributed by atoms with Crippen LogP contribution in [-0.4, -0.2) is 29.1 Å². The van der Waals surface area contributed by atoms with Gasteiger partial charge >= 0.3 is 0 Å². The molecule has 0 amide bonds. The highest BCUT2D eigenvalue weighted by atomic mass is 35.5. The van der Waals surface area contributed by atoms with Crippen molar-refractivity contribution >= 4 is 11.6 Å². The zero-order valence-corrected chi connectivity index (χ0v) is 15.0. The lowest BCUT2D eigenvalue weighted by molar-refractivity contribution is 0.0692. The summed E-state index contributed by atoms with van der Waals surface area (Å²) in [5.74, 6) is -0.263. The highest BCUT2D eigenvalue weighted by Crippen LogP contribution is 2.21. The summed E-state index contributed by atoms with van der Waals surface area (Å²) in [5, 5.41) is 0.466. The second kappa shape index (κ2) is 9.72. The minimum absolute atomic E-state index is 0.222. The Hall–Kier alpha value is -1.49. The Morgan fingerprint density at radius 3 is 2.58 bits per heavy atom. The van der Waals surface area contributed by atoms with Crippen molar-refractivity contribution in [3.8, 4) is 0 Å². The molecule has 0 saturated carbocycles. The van der Waals surface area contributed by atoms with Gasteiger partial charge in [-0.05, 0) is 50.1 Å². The van der Waals surface area contributed by atoms with E-state index in [4.69, 9.17) is 16.3 Å². The maximum absolute atomic E-state index is 14.1. The van der Waals surface area contributed by atoms with Crippen LogP contribution >= 0.6 is 11.6 Å². The van der Waals surface area contributed by atoms with Crippen LogP contribution in [0.15, 0.2) is 42.7 Å². The van der Waals surface area contributed by atoms with E-state index in [1.165, 1.54) is 6.07 Å². The van der Waals surface area contributed by atoms with E-state index in [0.717, 1.165) is 25.1 Å². The second-order valence-electron chi connectivity index (χ2n) is 6.04. The molecule has 1 aromatic carbocycles. The molecule has 0 bridgehead atoms. The van der Waals surface area contributed by atoms with E-state index < -0.39 is 0 Å². The fourth-order valence-electron chi connectivity index (χ4n) is 2.47. The average Bonchev–Trinajstić information content (AvgIpc) is 2.55. The minimum Gasteiger partial charge on any atom is -0.379 e. The largest absolute Gasteiger partial charge is 0.379 e. The minimum atomic E-state index is -0.263. The van der Waals surface area contributed by atoms with Crippen LogP contribution in [0, 0.1) is 5.82 Å². The molecule has 24 heavy (non-hydrogen) atoms. The molecule has 3 nitrogen and oxygen atoms in total. The third-order valence-electron chi connectivity index (χ3n) is 3.67. The summed E-state index contributed by atoms with van der Waals surface area (Å²) in [6, 6.07) is 8.76. The van der Waals surface area contributed by atoms with Crippen molar-refractivity contribution in [1.82, 2.24) is 9.88 Å². The Morgan fingerprint density at radius 2 is 1.92 bits per heavy atom. The lowest BCUT2D eigenvalue weighted by Gasteiger charge is -2.23. The van der Waals surface area contributed by atoms with Gasteiger partial charge in [-0.3, -0.25) is 9.88 Å². The molecule has 130 valence electrons. The topological polar surface area (TPSA) is 25.4 Å². The van der Waals surface area contributed by atoms with Crippen molar-refractivity contribution in [2.45, 2.75) is 39.5 Å². The Kier molecular flexibility index (Phi) is 7.63. The summed E-state index contributed by atoms with van der Waals surface area (Å²) in [4.78, 5) is 6.22. The van der Waals surface area contributed by atoms with Gasteiger partial charge in [-0.2, -0.15) is 0 Å². The van der Waals surface area contributed by atoms with Gasteiger partial charge in [0.05, 0.1) is 6.10 Å². The average molecular weight is 351 g/mol. The van der Waals surface area contributed by atoms with E-state index in [-0.39, 0.29) is 11.9 Å². The zero-order valence-electron chi connectivity index (χ0n) is 14.2. The standard InChI is InChI=1S/C19H24ClFN2O/c1-15(2)24-12-4-11-23(13-16-7-9-22-10-8-16)14-17-18(20)5-3-6-19(17)21/h3,5-10,15H,4,11-14H2,1-2H3. The molecule has 0 saturated heterocycles. The molecule has 0 fully saturated rings. The molecule has 0 radical (unpaired) electrons. The summed E-state index contributed by atoms with van der Waals surface area (Å²) >= 11 is 6.18. The van der Waals surface area contributed by atoms with Gasteiger partial charge < -0.3 is 4.74 Å². The number of ether oxygens (including phenoxy) is 1. The van der Waals surface area contributed by atoms with Gasteiger partial charge in [0, 0.05) is 49.2 Å². The number of halogens is 2. The second-order valence-corrected chi connectivity index (χ2v) is 6.45. The normalized spacial score (nSPS) is 11.4. The fourth-order valence-corrected chi connectivity index (χ4v) is 2.70. The van der Waals surface area contributed by atoms with Crippen molar-refractivity contribution in [3.63, 3.8) is 0 Å². The number of hydrogen-bond acceptors (Lipinski definition) is 3. The first-order valence-electron chi connectivity index (χ1n) is 8.22. The van der Waals surface area contributed by atoms with Gasteiger partial charge in [0.25, 0.3) is 0 Å². The van der Waals surface area contributed by atoms with Crippen LogP contribution in [0.3, 0.4) is 0 Å². The van der Waals surface area contributed by atoms with Gasteiger partial charge in [-0.15, -0.1) is 0 Å². The molecule has 0 aliphatic heterocycles. The molecule has 0 aliphatic carbocycles. The third kappa shape index (κ3) is 6.19. The van der Waals surface area contributed by atoms with Crippen LogP contribution in [0.2, 0.25) is 5.02 Å². The molecular weight excluding hydrogens is 327 g/mol. The highest BCUT2D eigenvalue weighted by molar-refractivity contribution is 6.31. The number of rotatable bonds is 9. The summed E-state index contributed by atoms with van der Waals surface area (Å²) in [6.07, 6.45) is 4.64. The molecule has 0 unspecified atom stereocenters. The Balaban J connectivity index is 2.04. The molecule has 0 aliphatic rings. The van der Waals surface area contributed by atoms with Gasteiger partial charge in [0.1, 0.15) is 5.82 Å². The van der Waals surface area contributed by atoms with E-state index >= 15 is 0 Å². The summed E-state index contributed by atoms with van der Waals surface area (Å²) in [5.41, 5.74) is 1.68. The Bertz CT molecular complexity index is 602. The van der Waals surface area contributed by atoms with Crippen LogP contribution in [0.4, 0.5) is 4.39 Å². The molecule has 0 spiro atoms. The van der Waals surface area contributed by atoms with Crippen molar-refractivity contribution < 1.29 is 9.13 Å². The Morgan fingerprint density at radius 1 is 1.17 bits per heavy atom. The molecule has 1 aromatic heterocycles. The molecule has 2 rings (SSSR count). The van der Waals surface area contributed by atoms with E-state index in [2.05, 4.69) is 9.88 Å². The van der Waals surface area contributed by atoms with Crippen molar-refractivity contribution in [2.24, 2.45) is 0 Å². The van der Waals surface area contributed by atoms with E-state index in [9.17, 15) is 4.39 Å². The predicted octanol–water partition coefficient (Wildman–Crippen LogP) is 4.69. The van der Waals surface area contributed by atoms with Crippen LogP contribution in [0.25, 0.3) is 0 Å². The van der Waals surface area contributed by atoms with Crippen molar-refractivity contribution in [1.29, 1.82) is 0 Å². The van der Waals surface area contributed by atoms with Crippen LogP contribution < -0.4 is 0 Å². The number of pyridine rings is 1. The molecule has 2 aromatic rings. The lowest BCUT2D eigenvalue weighted by atomic mass is 10.1. The first kappa shape index (κ1) is 18.8. The number of hydrogen-bond donors (Lipinski definition) is 0. The molecule has 1 heterocycles. The maximum Gasteiger partial charge on any atom is 0.129 e. The zero-order chi connectivity index (χ0) is 17.4. The first-order chi connectivity index (χ1) is 11.6. The quantitative estimate of drug-likeness (QED) is 0.613. The van der Waals surface area contributed by atoms with Crippen molar-refractivity contribution in [2.75, 3.05) is 13.2 Å².